The molecule has 1 atom stereocenters. The van der Waals surface area contributed by atoms with Crippen LogP contribution in [-0.2, 0) is 4.79 Å². The van der Waals surface area contributed by atoms with Crippen LogP contribution in [0, 0.1) is 5.41 Å². The maximum absolute atomic E-state index is 12.3. The van der Waals surface area contributed by atoms with E-state index in [1.807, 2.05) is 56.6 Å². The van der Waals surface area contributed by atoms with Gasteiger partial charge in [-0.15, -0.1) is 0 Å². The fourth-order valence-electron chi connectivity index (χ4n) is 2.07. The van der Waals surface area contributed by atoms with Crippen LogP contribution in [0.1, 0.15) is 6.92 Å². The Morgan fingerprint density at radius 2 is 1.83 bits per heavy atom. The SMILES string of the molecule is CC(=N)C(N=Nc1cccc([NH+](C)C)c1)C(=O)Nc1ccccc1. The molecule has 0 heterocycles. The number of hydrogen-bond donors (Lipinski definition) is 3. The van der Waals surface area contributed by atoms with Crippen molar-refractivity contribution in [2.45, 2.75) is 13.0 Å². The first-order valence-corrected chi connectivity index (χ1v) is 7.70. The van der Waals surface area contributed by atoms with Gasteiger partial charge < -0.3 is 15.6 Å². The lowest BCUT2D eigenvalue weighted by molar-refractivity contribution is -0.786. The Bertz CT molecular complexity index is 740. The summed E-state index contributed by atoms with van der Waals surface area (Å²) in [6.45, 7) is 1.55. The van der Waals surface area contributed by atoms with Gasteiger partial charge in [-0.1, -0.05) is 24.3 Å². The zero-order valence-corrected chi connectivity index (χ0v) is 14.1. The lowest BCUT2D eigenvalue weighted by atomic mass is 10.2. The van der Waals surface area contributed by atoms with Crippen LogP contribution in [0.3, 0.4) is 0 Å². The number of carbonyl (C=O) groups excluding carboxylic acids is 1. The minimum atomic E-state index is -0.944. The maximum Gasteiger partial charge on any atom is 0.256 e. The van der Waals surface area contributed by atoms with E-state index in [4.69, 9.17) is 5.41 Å². The van der Waals surface area contributed by atoms with Crippen LogP contribution in [-0.4, -0.2) is 31.8 Å². The Morgan fingerprint density at radius 1 is 1.12 bits per heavy atom. The van der Waals surface area contributed by atoms with Crippen LogP contribution < -0.4 is 10.2 Å². The number of rotatable bonds is 6. The van der Waals surface area contributed by atoms with E-state index in [0.29, 0.717) is 11.4 Å². The van der Waals surface area contributed by atoms with Crippen molar-refractivity contribution in [2.24, 2.45) is 10.2 Å². The van der Waals surface area contributed by atoms with Crippen LogP contribution >= 0.6 is 0 Å². The number of nitrogens with zero attached hydrogens (tertiary/aromatic N) is 2. The molecule has 0 saturated heterocycles. The summed E-state index contributed by atoms with van der Waals surface area (Å²) in [6, 6.07) is 15.8. The quantitative estimate of drug-likeness (QED) is 0.554. The highest BCUT2D eigenvalue weighted by molar-refractivity contribution is 6.11. The smallest absolute Gasteiger partial charge is 0.256 e. The largest absolute Gasteiger partial charge is 0.324 e. The second-order valence-corrected chi connectivity index (χ2v) is 5.71. The Hall–Kier alpha value is -2.86. The van der Waals surface area contributed by atoms with E-state index in [9.17, 15) is 4.79 Å². The Morgan fingerprint density at radius 3 is 2.46 bits per heavy atom. The fourth-order valence-corrected chi connectivity index (χ4v) is 2.07. The lowest BCUT2D eigenvalue weighted by Crippen LogP contribution is -3.00. The summed E-state index contributed by atoms with van der Waals surface area (Å²) in [5, 5.41) is 18.8. The third kappa shape index (κ3) is 4.82. The van der Waals surface area contributed by atoms with Crippen molar-refractivity contribution in [3.05, 3.63) is 54.6 Å². The molecular formula is C18H22N5O+. The molecule has 3 N–H and O–H groups in total. The summed E-state index contributed by atoms with van der Waals surface area (Å²) in [5.41, 5.74) is 2.54. The Balaban J connectivity index is 2.14. The molecule has 124 valence electrons. The minimum Gasteiger partial charge on any atom is -0.324 e. The molecule has 0 bridgehead atoms. The highest BCUT2D eigenvalue weighted by atomic mass is 16.2. The van der Waals surface area contributed by atoms with Gasteiger partial charge in [0.15, 0.2) is 6.04 Å². The highest BCUT2D eigenvalue weighted by Gasteiger charge is 2.20. The van der Waals surface area contributed by atoms with E-state index < -0.39 is 6.04 Å². The van der Waals surface area contributed by atoms with Gasteiger partial charge in [-0.3, -0.25) is 4.79 Å². The molecule has 24 heavy (non-hydrogen) atoms. The molecule has 0 aromatic heterocycles. The van der Waals surface area contributed by atoms with Crippen molar-refractivity contribution >= 4 is 28.7 Å². The van der Waals surface area contributed by atoms with Crippen LogP contribution in [0.2, 0.25) is 0 Å². The van der Waals surface area contributed by atoms with E-state index in [1.54, 1.807) is 19.1 Å². The predicted octanol–water partition coefficient (Wildman–Crippen LogP) is 2.59. The molecule has 0 aliphatic rings. The van der Waals surface area contributed by atoms with Crippen molar-refractivity contribution in [3.63, 3.8) is 0 Å². The number of carbonyl (C=O) groups is 1. The number of azo groups is 1. The third-order valence-electron chi connectivity index (χ3n) is 3.41. The molecule has 6 nitrogen and oxygen atoms in total. The summed E-state index contributed by atoms with van der Waals surface area (Å²) in [5.74, 6) is -0.369. The summed E-state index contributed by atoms with van der Waals surface area (Å²) < 4.78 is 0. The first kappa shape index (κ1) is 17.5. The molecule has 0 aliphatic heterocycles. The molecular weight excluding hydrogens is 302 g/mol. The lowest BCUT2D eigenvalue weighted by Gasteiger charge is -2.11. The molecule has 2 aromatic carbocycles. The van der Waals surface area contributed by atoms with Crippen molar-refractivity contribution in [2.75, 3.05) is 19.4 Å². The van der Waals surface area contributed by atoms with Gasteiger partial charge in [0.2, 0.25) is 0 Å². The summed E-state index contributed by atoms with van der Waals surface area (Å²) in [4.78, 5) is 13.5. The van der Waals surface area contributed by atoms with Gasteiger partial charge in [-0.2, -0.15) is 10.2 Å². The molecule has 0 fully saturated rings. The van der Waals surface area contributed by atoms with E-state index in [1.165, 1.54) is 4.90 Å². The fraction of sp³-hybridized carbons (Fsp3) is 0.222. The average Bonchev–Trinajstić information content (AvgIpc) is 2.56. The first-order valence-electron chi connectivity index (χ1n) is 7.70. The number of nitrogens with one attached hydrogen (secondary N) is 3. The molecule has 1 unspecified atom stereocenters. The number of amides is 1. The monoisotopic (exact) mass is 324 g/mol. The summed E-state index contributed by atoms with van der Waals surface area (Å²) in [6.07, 6.45) is 0. The second-order valence-electron chi connectivity index (χ2n) is 5.71. The topological polar surface area (TPSA) is 82.1 Å². The molecule has 2 rings (SSSR count). The third-order valence-corrected chi connectivity index (χ3v) is 3.41. The van der Waals surface area contributed by atoms with Gasteiger partial charge in [-0.25, -0.2) is 0 Å². The summed E-state index contributed by atoms with van der Waals surface area (Å²) >= 11 is 0. The number of benzene rings is 2. The number of hydrogen-bond acceptors (Lipinski definition) is 4. The maximum atomic E-state index is 12.3. The number of para-hydroxylation sites is 1. The molecule has 0 aliphatic carbocycles. The van der Waals surface area contributed by atoms with Gasteiger partial charge in [0, 0.05) is 17.5 Å². The molecule has 6 heteroatoms. The molecule has 0 spiro atoms. The Labute approximate surface area is 141 Å². The highest BCUT2D eigenvalue weighted by Crippen LogP contribution is 2.17. The number of anilines is 1. The van der Waals surface area contributed by atoms with Crippen LogP contribution in [0.15, 0.2) is 64.8 Å². The first-order chi connectivity index (χ1) is 11.5. The van der Waals surface area contributed by atoms with E-state index in [0.717, 1.165) is 5.69 Å². The normalized spacial score (nSPS) is 12.3. The average molecular weight is 324 g/mol. The van der Waals surface area contributed by atoms with Crippen LogP contribution in [0.25, 0.3) is 0 Å². The van der Waals surface area contributed by atoms with E-state index in [2.05, 4.69) is 15.5 Å². The standard InChI is InChI=1S/C18H21N5O/c1-13(19)17(18(24)20-14-8-5-4-6-9-14)22-21-15-10-7-11-16(12-15)23(2)3/h4-12,17,19H,1-3H3,(H,20,24)/p+1. The van der Waals surface area contributed by atoms with Crippen molar-refractivity contribution in [1.82, 2.24) is 0 Å². The molecule has 0 saturated carbocycles. The van der Waals surface area contributed by atoms with Gasteiger partial charge in [-0.05, 0) is 31.2 Å². The molecule has 2 aromatic rings. The van der Waals surface area contributed by atoms with Gasteiger partial charge in [0.05, 0.1) is 19.8 Å². The van der Waals surface area contributed by atoms with E-state index in [-0.39, 0.29) is 11.6 Å². The van der Waals surface area contributed by atoms with Crippen molar-refractivity contribution in [3.8, 4) is 0 Å². The van der Waals surface area contributed by atoms with E-state index >= 15 is 0 Å². The Kier molecular flexibility index (Phi) is 5.92. The minimum absolute atomic E-state index is 0.140. The van der Waals surface area contributed by atoms with Gasteiger partial charge in [0.1, 0.15) is 5.69 Å². The predicted molar refractivity (Wildman–Crippen MR) is 95.7 cm³/mol. The molecule has 1 amide bonds. The summed E-state index contributed by atoms with van der Waals surface area (Å²) in [7, 11) is 4.04. The van der Waals surface area contributed by atoms with Gasteiger partial charge >= 0.3 is 0 Å². The van der Waals surface area contributed by atoms with Crippen LogP contribution in [0.4, 0.5) is 17.1 Å². The zero-order valence-electron chi connectivity index (χ0n) is 14.1. The number of quaternary nitrogens is 1. The van der Waals surface area contributed by atoms with Crippen molar-refractivity contribution < 1.29 is 9.69 Å². The zero-order chi connectivity index (χ0) is 17.5. The molecule has 0 radical (unpaired) electrons. The van der Waals surface area contributed by atoms with Crippen molar-refractivity contribution in [1.29, 1.82) is 5.41 Å². The van der Waals surface area contributed by atoms with Gasteiger partial charge in [0.25, 0.3) is 5.91 Å². The van der Waals surface area contributed by atoms with Crippen LogP contribution in [0.5, 0.6) is 0 Å². The second kappa shape index (κ2) is 8.12.